The van der Waals surface area contributed by atoms with Gasteiger partial charge in [0.25, 0.3) is 0 Å². The molecule has 0 aliphatic carbocycles. The molecule has 5 heteroatoms. The summed E-state index contributed by atoms with van der Waals surface area (Å²) < 4.78 is 39.3. The zero-order chi connectivity index (χ0) is 17.9. The highest BCUT2D eigenvalue weighted by molar-refractivity contribution is 5.40. The molecule has 2 aromatic carbocycles. The predicted molar refractivity (Wildman–Crippen MR) is 88.8 cm³/mol. The van der Waals surface area contributed by atoms with Crippen molar-refractivity contribution >= 4 is 0 Å². The smallest absolute Gasteiger partial charge is 0.380 e. The third-order valence-corrected chi connectivity index (χ3v) is 4.13. The van der Waals surface area contributed by atoms with Gasteiger partial charge in [0.05, 0.1) is 5.56 Å². The number of benzene rings is 2. The fourth-order valence-corrected chi connectivity index (χ4v) is 2.84. The van der Waals surface area contributed by atoms with Crippen LogP contribution in [0.15, 0.2) is 79.1 Å². The third-order valence-electron chi connectivity index (χ3n) is 4.13. The molecule has 0 aliphatic heterocycles. The number of hydrogen-bond acceptors (Lipinski definition) is 2. The molecule has 0 fully saturated rings. The first kappa shape index (κ1) is 17.2. The van der Waals surface area contributed by atoms with E-state index in [1.54, 1.807) is 12.1 Å². The third kappa shape index (κ3) is 3.72. The molecule has 0 amide bonds. The first-order valence-electron chi connectivity index (χ1n) is 7.74. The number of aromatic nitrogens is 1. The van der Waals surface area contributed by atoms with Crippen molar-refractivity contribution in [1.82, 2.24) is 4.98 Å². The maximum Gasteiger partial charge on any atom is 0.416 e. The fourth-order valence-electron chi connectivity index (χ4n) is 2.84. The van der Waals surface area contributed by atoms with Gasteiger partial charge in [-0.15, -0.1) is 0 Å². The molecule has 0 spiro atoms. The van der Waals surface area contributed by atoms with Gasteiger partial charge in [-0.3, -0.25) is 4.98 Å². The van der Waals surface area contributed by atoms with Crippen molar-refractivity contribution in [3.05, 3.63) is 101 Å². The van der Waals surface area contributed by atoms with Crippen molar-refractivity contribution < 1.29 is 18.3 Å². The first-order chi connectivity index (χ1) is 11.9. The van der Waals surface area contributed by atoms with Crippen molar-refractivity contribution in [2.75, 3.05) is 0 Å². The van der Waals surface area contributed by atoms with Crippen LogP contribution in [0, 0.1) is 0 Å². The lowest BCUT2D eigenvalue weighted by Crippen LogP contribution is -2.30. The van der Waals surface area contributed by atoms with E-state index in [0.717, 1.165) is 17.7 Å². The lowest BCUT2D eigenvalue weighted by Gasteiger charge is -2.30. The Hall–Kier alpha value is -2.66. The van der Waals surface area contributed by atoms with Crippen LogP contribution in [0.1, 0.15) is 22.3 Å². The Balaban J connectivity index is 2.12. The van der Waals surface area contributed by atoms with Gasteiger partial charge in [-0.05, 0) is 41.0 Å². The zero-order valence-electron chi connectivity index (χ0n) is 13.2. The molecular formula is C20H16F3NO. The van der Waals surface area contributed by atoms with E-state index >= 15 is 0 Å². The van der Waals surface area contributed by atoms with Crippen LogP contribution >= 0.6 is 0 Å². The van der Waals surface area contributed by atoms with Crippen LogP contribution in [0.3, 0.4) is 0 Å². The molecule has 1 heterocycles. The van der Waals surface area contributed by atoms with E-state index in [1.165, 1.54) is 24.5 Å². The lowest BCUT2D eigenvalue weighted by atomic mass is 9.81. The maximum absolute atomic E-state index is 13.1. The molecule has 0 bridgehead atoms. The highest BCUT2D eigenvalue weighted by Crippen LogP contribution is 2.36. The SMILES string of the molecule is OC(Cc1ccccc1)(c1ccncc1)c1cccc(C(F)(F)F)c1. The summed E-state index contributed by atoms with van der Waals surface area (Å²) in [7, 11) is 0. The number of aliphatic hydroxyl groups is 1. The summed E-state index contributed by atoms with van der Waals surface area (Å²) in [6.07, 6.45) is -1.29. The molecule has 0 saturated heterocycles. The minimum Gasteiger partial charge on any atom is -0.380 e. The molecule has 1 unspecified atom stereocenters. The largest absolute Gasteiger partial charge is 0.416 e. The summed E-state index contributed by atoms with van der Waals surface area (Å²) in [5.41, 5.74) is -0.876. The van der Waals surface area contributed by atoms with E-state index in [1.807, 2.05) is 30.3 Å². The standard InChI is InChI=1S/C20H16F3NO/c21-20(22,23)18-8-4-7-17(13-18)19(25,16-9-11-24-12-10-16)14-15-5-2-1-3-6-15/h1-13,25H,14H2. The average molecular weight is 343 g/mol. The van der Waals surface area contributed by atoms with Gasteiger partial charge in [-0.25, -0.2) is 0 Å². The summed E-state index contributed by atoms with van der Waals surface area (Å²) in [6, 6.07) is 17.2. The van der Waals surface area contributed by atoms with Crippen molar-refractivity contribution in [2.45, 2.75) is 18.2 Å². The highest BCUT2D eigenvalue weighted by Gasteiger charge is 2.36. The number of rotatable bonds is 4. The molecule has 0 saturated carbocycles. The van der Waals surface area contributed by atoms with E-state index in [-0.39, 0.29) is 12.0 Å². The Morgan fingerprint density at radius 1 is 0.760 bits per heavy atom. The molecule has 128 valence electrons. The Bertz CT molecular complexity index is 834. The topological polar surface area (TPSA) is 33.1 Å². The van der Waals surface area contributed by atoms with Crippen LogP contribution in [0.5, 0.6) is 0 Å². The van der Waals surface area contributed by atoms with Crippen LogP contribution in [0.25, 0.3) is 0 Å². The van der Waals surface area contributed by atoms with Gasteiger partial charge in [-0.2, -0.15) is 13.2 Å². The van der Waals surface area contributed by atoms with Crippen LogP contribution in [-0.4, -0.2) is 10.1 Å². The van der Waals surface area contributed by atoms with Gasteiger partial charge in [0.1, 0.15) is 5.60 Å². The van der Waals surface area contributed by atoms with E-state index in [2.05, 4.69) is 4.98 Å². The van der Waals surface area contributed by atoms with E-state index < -0.39 is 17.3 Å². The zero-order valence-corrected chi connectivity index (χ0v) is 13.2. The summed E-state index contributed by atoms with van der Waals surface area (Å²) >= 11 is 0. The predicted octanol–water partition coefficient (Wildman–Crippen LogP) is 4.58. The molecule has 25 heavy (non-hydrogen) atoms. The normalized spacial score (nSPS) is 14.1. The molecule has 1 atom stereocenters. The fraction of sp³-hybridized carbons (Fsp3) is 0.150. The molecule has 3 rings (SSSR count). The van der Waals surface area contributed by atoms with Crippen LogP contribution in [0.4, 0.5) is 13.2 Å². The second-order valence-electron chi connectivity index (χ2n) is 5.84. The first-order valence-corrected chi connectivity index (χ1v) is 7.74. The summed E-state index contributed by atoms with van der Waals surface area (Å²) in [5, 5.41) is 11.4. The summed E-state index contributed by atoms with van der Waals surface area (Å²) in [6.45, 7) is 0. The molecule has 0 radical (unpaired) electrons. The Labute approximate surface area is 143 Å². The summed E-state index contributed by atoms with van der Waals surface area (Å²) in [5.74, 6) is 0. The Morgan fingerprint density at radius 2 is 1.40 bits per heavy atom. The number of nitrogens with zero attached hydrogens (tertiary/aromatic N) is 1. The lowest BCUT2D eigenvalue weighted by molar-refractivity contribution is -0.137. The number of halogens is 3. The van der Waals surface area contributed by atoms with Crippen molar-refractivity contribution in [3.8, 4) is 0 Å². The van der Waals surface area contributed by atoms with Gasteiger partial charge in [-0.1, -0.05) is 42.5 Å². The van der Waals surface area contributed by atoms with Crippen LogP contribution < -0.4 is 0 Å². The van der Waals surface area contributed by atoms with Crippen molar-refractivity contribution in [1.29, 1.82) is 0 Å². The van der Waals surface area contributed by atoms with E-state index in [9.17, 15) is 18.3 Å². The highest BCUT2D eigenvalue weighted by atomic mass is 19.4. The van der Waals surface area contributed by atoms with Crippen molar-refractivity contribution in [2.24, 2.45) is 0 Å². The molecular weight excluding hydrogens is 327 g/mol. The second kappa shape index (κ2) is 6.69. The minimum atomic E-state index is -4.47. The minimum absolute atomic E-state index is 0.152. The van der Waals surface area contributed by atoms with E-state index in [0.29, 0.717) is 5.56 Å². The molecule has 1 N–H and O–H groups in total. The van der Waals surface area contributed by atoms with Crippen LogP contribution in [-0.2, 0) is 18.2 Å². The summed E-state index contributed by atoms with van der Waals surface area (Å²) in [4.78, 5) is 3.93. The molecule has 3 aromatic rings. The van der Waals surface area contributed by atoms with Gasteiger partial charge in [0.15, 0.2) is 0 Å². The van der Waals surface area contributed by atoms with Gasteiger partial charge in [0.2, 0.25) is 0 Å². The Morgan fingerprint density at radius 3 is 2.04 bits per heavy atom. The van der Waals surface area contributed by atoms with Crippen LogP contribution in [0.2, 0.25) is 0 Å². The second-order valence-corrected chi connectivity index (χ2v) is 5.84. The molecule has 0 aliphatic rings. The number of pyridine rings is 1. The monoisotopic (exact) mass is 343 g/mol. The van der Waals surface area contributed by atoms with Crippen molar-refractivity contribution in [3.63, 3.8) is 0 Å². The average Bonchev–Trinajstić information content (AvgIpc) is 2.62. The van der Waals surface area contributed by atoms with Gasteiger partial charge >= 0.3 is 6.18 Å². The van der Waals surface area contributed by atoms with E-state index in [4.69, 9.17) is 0 Å². The number of alkyl halides is 3. The Kier molecular flexibility index (Phi) is 4.59. The quantitative estimate of drug-likeness (QED) is 0.752. The van der Waals surface area contributed by atoms with Gasteiger partial charge < -0.3 is 5.11 Å². The van der Waals surface area contributed by atoms with Gasteiger partial charge in [0, 0.05) is 18.8 Å². The molecule has 1 aromatic heterocycles. The maximum atomic E-state index is 13.1. The number of hydrogen-bond donors (Lipinski definition) is 1. The molecule has 2 nitrogen and oxygen atoms in total.